The zero-order valence-corrected chi connectivity index (χ0v) is 11.8. The van der Waals surface area contributed by atoms with Crippen molar-refractivity contribution in [3.05, 3.63) is 34.9 Å². The fraction of sp³-hybridized carbons (Fsp3) is 0.467. The number of fused-ring (bicyclic) bond motifs is 1. The molecule has 2 rings (SSSR count). The molecule has 0 bridgehead atoms. The molecular weight excluding hydrogens is 256 g/mol. The summed E-state index contributed by atoms with van der Waals surface area (Å²) in [6, 6.07) is 4.65. The number of nitrogens with one attached hydrogen (secondary N) is 2. The van der Waals surface area contributed by atoms with Crippen LogP contribution in [-0.4, -0.2) is 23.0 Å². The smallest absolute Gasteiger partial charge is 0.326 e. The molecule has 2 atom stereocenters. The van der Waals surface area contributed by atoms with Crippen LogP contribution in [0, 0.1) is 5.92 Å². The maximum atomic E-state index is 12.2. The third-order valence-electron chi connectivity index (χ3n) is 3.86. The van der Waals surface area contributed by atoms with Gasteiger partial charge in [0.2, 0.25) is 0 Å². The van der Waals surface area contributed by atoms with Crippen molar-refractivity contribution in [3.8, 4) is 0 Å². The summed E-state index contributed by atoms with van der Waals surface area (Å²) in [5.41, 5.74) is 2.81. The van der Waals surface area contributed by atoms with Gasteiger partial charge < -0.3 is 15.7 Å². The number of hydrogen-bond acceptors (Lipinski definition) is 3. The SMILES string of the molecule is CCC(C)C(NC(=O)c1ccc2c(c1)CNC2)C(=O)O. The second-order valence-corrected chi connectivity index (χ2v) is 5.26. The highest BCUT2D eigenvalue weighted by molar-refractivity contribution is 5.96. The lowest BCUT2D eigenvalue weighted by Crippen LogP contribution is -2.45. The van der Waals surface area contributed by atoms with Crippen LogP contribution in [0.1, 0.15) is 41.8 Å². The highest BCUT2D eigenvalue weighted by Gasteiger charge is 2.26. The first-order chi connectivity index (χ1) is 9.52. The lowest BCUT2D eigenvalue weighted by molar-refractivity contribution is -0.140. The molecule has 20 heavy (non-hydrogen) atoms. The van der Waals surface area contributed by atoms with E-state index < -0.39 is 12.0 Å². The number of carbonyl (C=O) groups excluding carboxylic acids is 1. The molecule has 3 N–H and O–H groups in total. The monoisotopic (exact) mass is 276 g/mol. The van der Waals surface area contributed by atoms with Gasteiger partial charge >= 0.3 is 5.97 Å². The van der Waals surface area contributed by atoms with Crippen LogP contribution in [0.3, 0.4) is 0 Å². The third-order valence-corrected chi connectivity index (χ3v) is 3.86. The van der Waals surface area contributed by atoms with E-state index in [1.54, 1.807) is 6.07 Å². The van der Waals surface area contributed by atoms with Gasteiger partial charge in [-0.2, -0.15) is 0 Å². The van der Waals surface area contributed by atoms with E-state index >= 15 is 0 Å². The highest BCUT2D eigenvalue weighted by Crippen LogP contribution is 2.17. The summed E-state index contributed by atoms with van der Waals surface area (Å²) in [6.45, 7) is 5.31. The van der Waals surface area contributed by atoms with E-state index in [4.69, 9.17) is 0 Å². The first kappa shape index (κ1) is 14.5. The number of hydrogen-bond donors (Lipinski definition) is 3. The van der Waals surface area contributed by atoms with Gasteiger partial charge in [-0.3, -0.25) is 4.79 Å². The Morgan fingerprint density at radius 1 is 1.35 bits per heavy atom. The molecule has 1 aliphatic heterocycles. The molecule has 0 aliphatic carbocycles. The van der Waals surface area contributed by atoms with Crippen molar-refractivity contribution in [2.45, 2.75) is 39.4 Å². The quantitative estimate of drug-likeness (QED) is 0.762. The highest BCUT2D eigenvalue weighted by atomic mass is 16.4. The van der Waals surface area contributed by atoms with Crippen LogP contribution in [0.2, 0.25) is 0 Å². The zero-order valence-electron chi connectivity index (χ0n) is 11.8. The van der Waals surface area contributed by atoms with E-state index in [1.165, 1.54) is 5.56 Å². The van der Waals surface area contributed by atoms with Gasteiger partial charge in [0.05, 0.1) is 0 Å². The molecule has 0 saturated carbocycles. The molecule has 5 nitrogen and oxygen atoms in total. The first-order valence-electron chi connectivity index (χ1n) is 6.89. The average molecular weight is 276 g/mol. The first-order valence-corrected chi connectivity index (χ1v) is 6.89. The molecule has 0 aromatic heterocycles. The van der Waals surface area contributed by atoms with E-state index in [1.807, 2.05) is 26.0 Å². The Morgan fingerprint density at radius 2 is 2.05 bits per heavy atom. The van der Waals surface area contributed by atoms with Crippen molar-refractivity contribution in [3.63, 3.8) is 0 Å². The van der Waals surface area contributed by atoms with E-state index in [9.17, 15) is 14.7 Å². The minimum absolute atomic E-state index is 0.104. The van der Waals surface area contributed by atoms with E-state index in [-0.39, 0.29) is 11.8 Å². The Balaban J connectivity index is 2.12. The normalized spacial score (nSPS) is 16.3. The number of carbonyl (C=O) groups is 2. The number of aliphatic carboxylic acids is 1. The molecule has 0 radical (unpaired) electrons. The fourth-order valence-corrected chi connectivity index (χ4v) is 2.34. The Hall–Kier alpha value is -1.88. The summed E-state index contributed by atoms with van der Waals surface area (Å²) in [5.74, 6) is -1.42. The van der Waals surface area contributed by atoms with Crippen LogP contribution < -0.4 is 10.6 Å². The summed E-state index contributed by atoms with van der Waals surface area (Å²) in [7, 11) is 0. The van der Waals surface area contributed by atoms with Crippen LogP contribution in [0.5, 0.6) is 0 Å². The van der Waals surface area contributed by atoms with E-state index in [0.29, 0.717) is 12.0 Å². The van der Waals surface area contributed by atoms with E-state index in [0.717, 1.165) is 18.7 Å². The molecule has 0 fully saturated rings. The van der Waals surface area contributed by atoms with Crippen LogP contribution in [0.25, 0.3) is 0 Å². The maximum absolute atomic E-state index is 12.2. The lowest BCUT2D eigenvalue weighted by Gasteiger charge is -2.20. The number of benzene rings is 1. The predicted molar refractivity (Wildman–Crippen MR) is 75.3 cm³/mol. The largest absolute Gasteiger partial charge is 0.480 e. The van der Waals surface area contributed by atoms with Gasteiger partial charge in [0.25, 0.3) is 5.91 Å². The summed E-state index contributed by atoms with van der Waals surface area (Å²) in [5, 5.41) is 15.0. The number of carboxylic acids is 1. The Labute approximate surface area is 118 Å². The van der Waals surface area contributed by atoms with Crippen molar-refractivity contribution in [2.24, 2.45) is 5.92 Å². The molecule has 1 aliphatic rings. The second-order valence-electron chi connectivity index (χ2n) is 5.26. The standard InChI is InChI=1S/C15H20N2O3/c1-3-9(2)13(15(19)20)17-14(18)10-4-5-11-7-16-8-12(11)6-10/h4-6,9,13,16H,3,7-8H2,1-2H3,(H,17,18)(H,19,20). The summed E-state index contributed by atoms with van der Waals surface area (Å²) >= 11 is 0. The Kier molecular flexibility index (Phi) is 4.39. The van der Waals surface area contributed by atoms with Gasteiger partial charge in [-0.25, -0.2) is 4.79 Å². The molecule has 1 aromatic rings. The van der Waals surface area contributed by atoms with Crippen LogP contribution in [-0.2, 0) is 17.9 Å². The predicted octanol–water partition coefficient (Wildman–Crippen LogP) is 1.52. The Bertz CT molecular complexity index is 528. The van der Waals surface area contributed by atoms with Crippen molar-refractivity contribution >= 4 is 11.9 Å². The zero-order chi connectivity index (χ0) is 14.7. The maximum Gasteiger partial charge on any atom is 0.326 e. The molecule has 1 heterocycles. The van der Waals surface area contributed by atoms with Crippen molar-refractivity contribution in [1.29, 1.82) is 0 Å². The Morgan fingerprint density at radius 3 is 2.70 bits per heavy atom. The second kappa shape index (κ2) is 6.05. The lowest BCUT2D eigenvalue weighted by atomic mass is 9.98. The van der Waals surface area contributed by atoms with Gasteiger partial charge in [-0.1, -0.05) is 26.3 Å². The van der Waals surface area contributed by atoms with Crippen molar-refractivity contribution in [1.82, 2.24) is 10.6 Å². The summed E-state index contributed by atoms with van der Waals surface area (Å²) < 4.78 is 0. The summed E-state index contributed by atoms with van der Waals surface area (Å²) in [6.07, 6.45) is 0.700. The number of rotatable bonds is 5. The molecule has 1 aromatic carbocycles. The molecule has 108 valence electrons. The third kappa shape index (κ3) is 2.99. The number of amides is 1. The van der Waals surface area contributed by atoms with Crippen LogP contribution in [0.15, 0.2) is 18.2 Å². The van der Waals surface area contributed by atoms with Gasteiger partial charge in [0, 0.05) is 18.7 Å². The van der Waals surface area contributed by atoms with Gasteiger partial charge in [-0.05, 0) is 29.2 Å². The fourth-order valence-electron chi connectivity index (χ4n) is 2.34. The molecule has 1 amide bonds. The van der Waals surface area contributed by atoms with E-state index in [2.05, 4.69) is 10.6 Å². The average Bonchev–Trinajstić information content (AvgIpc) is 2.90. The van der Waals surface area contributed by atoms with Crippen LogP contribution in [0.4, 0.5) is 0 Å². The molecule has 2 unspecified atom stereocenters. The molecule has 0 spiro atoms. The van der Waals surface area contributed by atoms with Crippen LogP contribution >= 0.6 is 0 Å². The van der Waals surface area contributed by atoms with Crippen molar-refractivity contribution in [2.75, 3.05) is 0 Å². The minimum atomic E-state index is -0.990. The molecule has 0 saturated heterocycles. The molecular formula is C15H20N2O3. The minimum Gasteiger partial charge on any atom is -0.480 e. The van der Waals surface area contributed by atoms with Gasteiger partial charge in [0.15, 0.2) is 0 Å². The van der Waals surface area contributed by atoms with Crippen molar-refractivity contribution < 1.29 is 14.7 Å². The van der Waals surface area contributed by atoms with Gasteiger partial charge in [-0.15, -0.1) is 0 Å². The number of carboxylic acid groups (broad SMARTS) is 1. The molecule has 5 heteroatoms. The summed E-state index contributed by atoms with van der Waals surface area (Å²) in [4.78, 5) is 23.4. The topological polar surface area (TPSA) is 78.4 Å². The van der Waals surface area contributed by atoms with Gasteiger partial charge in [0.1, 0.15) is 6.04 Å².